The van der Waals surface area contributed by atoms with Crippen molar-refractivity contribution in [2.75, 3.05) is 11.5 Å². The zero-order valence-electron chi connectivity index (χ0n) is 10.9. The van der Waals surface area contributed by atoms with Gasteiger partial charge in [0.25, 0.3) is 0 Å². The molecule has 2 N–H and O–H groups in total. The summed E-state index contributed by atoms with van der Waals surface area (Å²) in [5.41, 5.74) is 6.88. The molecule has 0 amide bonds. The first-order valence-corrected chi connectivity index (χ1v) is 9.02. The largest absolute Gasteiger partial charge is 0.326 e. The van der Waals surface area contributed by atoms with Gasteiger partial charge in [-0.2, -0.15) is 23.5 Å². The fraction of sp³-hybridized carbons (Fsp3) is 0.571. The van der Waals surface area contributed by atoms with Crippen LogP contribution >= 0.6 is 35.1 Å². The van der Waals surface area contributed by atoms with Crippen LogP contribution in [0.2, 0.25) is 5.02 Å². The van der Waals surface area contributed by atoms with E-state index in [1.165, 1.54) is 11.8 Å². The van der Waals surface area contributed by atoms with Gasteiger partial charge in [0.05, 0.1) is 0 Å². The van der Waals surface area contributed by atoms with Gasteiger partial charge in [-0.25, -0.2) is 4.39 Å². The van der Waals surface area contributed by atoms with E-state index < -0.39 is 0 Å². The molecule has 106 valence electrons. The highest BCUT2D eigenvalue weighted by molar-refractivity contribution is 8.07. The van der Waals surface area contributed by atoms with Crippen molar-refractivity contribution in [1.82, 2.24) is 0 Å². The molecule has 1 aliphatic heterocycles. The lowest BCUT2D eigenvalue weighted by molar-refractivity contribution is 0.562. The van der Waals surface area contributed by atoms with Gasteiger partial charge in [-0.3, -0.25) is 0 Å². The van der Waals surface area contributed by atoms with Crippen LogP contribution in [0, 0.1) is 5.82 Å². The quantitative estimate of drug-likeness (QED) is 0.909. The second-order valence-electron chi connectivity index (χ2n) is 4.72. The molecule has 5 heteroatoms. The molecule has 0 radical (unpaired) electrons. The van der Waals surface area contributed by atoms with E-state index in [9.17, 15) is 4.39 Å². The topological polar surface area (TPSA) is 26.0 Å². The lowest BCUT2D eigenvalue weighted by Crippen LogP contribution is -2.43. The van der Waals surface area contributed by atoms with E-state index in [2.05, 4.69) is 6.92 Å². The number of hydrogen-bond acceptors (Lipinski definition) is 3. The highest BCUT2D eigenvalue weighted by atomic mass is 35.5. The zero-order chi connectivity index (χ0) is 13.8. The fourth-order valence-electron chi connectivity index (χ4n) is 2.41. The van der Waals surface area contributed by atoms with Crippen molar-refractivity contribution in [2.45, 2.75) is 36.3 Å². The molecule has 1 aromatic carbocycles. The van der Waals surface area contributed by atoms with Crippen LogP contribution in [0.1, 0.15) is 18.9 Å². The van der Waals surface area contributed by atoms with Gasteiger partial charge in [0.1, 0.15) is 5.82 Å². The van der Waals surface area contributed by atoms with Gasteiger partial charge < -0.3 is 5.73 Å². The molecule has 1 saturated heterocycles. The Morgan fingerprint density at radius 1 is 1.42 bits per heavy atom. The van der Waals surface area contributed by atoms with Gasteiger partial charge >= 0.3 is 0 Å². The average Bonchev–Trinajstić information content (AvgIpc) is 2.42. The van der Waals surface area contributed by atoms with Gasteiger partial charge in [-0.05, 0) is 25.0 Å². The van der Waals surface area contributed by atoms with Crippen LogP contribution in [0.25, 0.3) is 0 Å². The van der Waals surface area contributed by atoms with Crippen molar-refractivity contribution in [1.29, 1.82) is 0 Å². The van der Waals surface area contributed by atoms with Crippen molar-refractivity contribution >= 4 is 35.1 Å². The summed E-state index contributed by atoms with van der Waals surface area (Å²) in [6, 6.07) is 4.77. The molecule has 19 heavy (non-hydrogen) atoms. The van der Waals surface area contributed by atoms with E-state index in [0.29, 0.717) is 27.5 Å². The molecular weight excluding hydrogens is 301 g/mol. The van der Waals surface area contributed by atoms with Crippen molar-refractivity contribution < 1.29 is 4.39 Å². The molecule has 0 aromatic heterocycles. The lowest BCUT2D eigenvalue weighted by Gasteiger charge is -2.34. The molecule has 1 aliphatic rings. The van der Waals surface area contributed by atoms with Crippen LogP contribution in [-0.2, 0) is 6.42 Å². The van der Waals surface area contributed by atoms with Crippen LogP contribution in [0.15, 0.2) is 18.2 Å². The SMILES string of the molecule is CCC1SCCSC1C(N)Cc1c(F)cccc1Cl. The van der Waals surface area contributed by atoms with E-state index >= 15 is 0 Å². The first-order chi connectivity index (χ1) is 9.13. The van der Waals surface area contributed by atoms with Gasteiger partial charge in [0.2, 0.25) is 0 Å². The Hall–Kier alpha value is 0.1000. The third kappa shape index (κ3) is 3.81. The molecule has 1 heterocycles. The highest BCUT2D eigenvalue weighted by Gasteiger charge is 2.30. The molecular formula is C14H19ClFNS2. The summed E-state index contributed by atoms with van der Waals surface area (Å²) in [7, 11) is 0. The number of halogens is 2. The Morgan fingerprint density at radius 2 is 2.16 bits per heavy atom. The second-order valence-corrected chi connectivity index (χ2v) is 7.76. The minimum Gasteiger partial charge on any atom is -0.326 e. The van der Waals surface area contributed by atoms with E-state index in [-0.39, 0.29) is 11.9 Å². The smallest absolute Gasteiger partial charge is 0.127 e. The molecule has 1 nitrogen and oxygen atoms in total. The maximum absolute atomic E-state index is 13.8. The van der Waals surface area contributed by atoms with Crippen molar-refractivity contribution in [2.24, 2.45) is 5.73 Å². The van der Waals surface area contributed by atoms with Gasteiger partial charge in [0, 0.05) is 38.6 Å². The molecule has 0 spiro atoms. The van der Waals surface area contributed by atoms with Crippen molar-refractivity contribution in [3.63, 3.8) is 0 Å². The normalized spacial score (nSPS) is 25.3. The number of benzene rings is 1. The highest BCUT2D eigenvalue weighted by Crippen LogP contribution is 2.36. The van der Waals surface area contributed by atoms with Gasteiger partial charge in [-0.1, -0.05) is 24.6 Å². The summed E-state index contributed by atoms with van der Waals surface area (Å²) in [6.07, 6.45) is 1.63. The third-order valence-corrected chi connectivity index (χ3v) is 7.20. The first kappa shape index (κ1) is 15.5. The third-order valence-electron chi connectivity index (χ3n) is 3.42. The predicted octanol–water partition coefficient (Wildman–Crippen LogP) is 3.98. The van der Waals surface area contributed by atoms with Crippen LogP contribution in [-0.4, -0.2) is 28.0 Å². The maximum Gasteiger partial charge on any atom is 0.127 e. The summed E-state index contributed by atoms with van der Waals surface area (Å²) >= 11 is 9.99. The number of thioether (sulfide) groups is 2. The summed E-state index contributed by atoms with van der Waals surface area (Å²) in [5, 5.41) is 1.44. The van der Waals surface area contributed by atoms with Crippen molar-refractivity contribution in [3.8, 4) is 0 Å². The van der Waals surface area contributed by atoms with Crippen LogP contribution in [0.3, 0.4) is 0 Å². The molecule has 1 aromatic rings. The summed E-state index contributed by atoms with van der Waals surface area (Å²) in [6.45, 7) is 2.19. The van der Waals surface area contributed by atoms with E-state index in [1.807, 2.05) is 23.5 Å². The predicted molar refractivity (Wildman–Crippen MR) is 85.9 cm³/mol. The summed E-state index contributed by atoms with van der Waals surface area (Å²) in [5.74, 6) is 2.07. The van der Waals surface area contributed by atoms with Crippen molar-refractivity contribution in [3.05, 3.63) is 34.6 Å². The van der Waals surface area contributed by atoms with Crippen LogP contribution in [0.4, 0.5) is 4.39 Å². The molecule has 2 rings (SSSR count). The first-order valence-electron chi connectivity index (χ1n) is 6.55. The Kier molecular flexibility index (Phi) is 5.87. The summed E-state index contributed by atoms with van der Waals surface area (Å²) in [4.78, 5) is 0. The fourth-order valence-corrected chi connectivity index (χ4v) is 5.85. The van der Waals surface area contributed by atoms with Gasteiger partial charge in [0.15, 0.2) is 0 Å². The lowest BCUT2D eigenvalue weighted by atomic mass is 10.0. The number of nitrogens with two attached hydrogens (primary N) is 1. The standard InChI is InChI=1S/C14H19ClFNS2/c1-2-13-14(19-7-6-18-13)12(17)8-9-10(15)4-3-5-11(9)16/h3-5,12-14H,2,6-8,17H2,1H3. The Labute approximate surface area is 127 Å². The Balaban J connectivity index is 2.09. The molecule has 0 bridgehead atoms. The molecule has 0 aliphatic carbocycles. The number of rotatable bonds is 4. The molecule has 3 atom stereocenters. The van der Waals surface area contributed by atoms with Crippen LogP contribution in [0.5, 0.6) is 0 Å². The number of hydrogen-bond donors (Lipinski definition) is 1. The summed E-state index contributed by atoms with van der Waals surface area (Å²) < 4.78 is 13.8. The molecule has 1 fully saturated rings. The Bertz CT molecular complexity index is 410. The van der Waals surface area contributed by atoms with Gasteiger partial charge in [-0.15, -0.1) is 0 Å². The molecule has 3 unspecified atom stereocenters. The van der Waals surface area contributed by atoms with Crippen LogP contribution < -0.4 is 5.73 Å². The minimum atomic E-state index is -0.246. The maximum atomic E-state index is 13.8. The van der Waals surface area contributed by atoms with E-state index in [1.54, 1.807) is 12.1 Å². The average molecular weight is 320 g/mol. The minimum absolute atomic E-state index is 0.0443. The zero-order valence-corrected chi connectivity index (χ0v) is 13.3. The molecule has 0 saturated carbocycles. The Morgan fingerprint density at radius 3 is 2.84 bits per heavy atom. The van der Waals surface area contributed by atoms with E-state index in [0.717, 1.165) is 12.2 Å². The van der Waals surface area contributed by atoms with E-state index in [4.69, 9.17) is 17.3 Å². The monoisotopic (exact) mass is 319 g/mol. The second kappa shape index (κ2) is 7.21.